The number of hydrogen-bond donors (Lipinski definition) is 3. The summed E-state index contributed by atoms with van der Waals surface area (Å²) in [4.78, 5) is 37.5. The number of carboxylic acids is 1. The maximum Gasteiger partial charge on any atom is 0.305 e. The highest BCUT2D eigenvalue weighted by atomic mass is 16.4. The zero-order valence-electron chi connectivity index (χ0n) is 17.5. The molecule has 0 saturated heterocycles. The molecule has 2 amide bonds. The van der Waals surface area contributed by atoms with Gasteiger partial charge in [-0.1, -0.05) is 56.9 Å². The van der Waals surface area contributed by atoms with Crippen LogP contribution < -0.4 is 0 Å². The molecule has 7 nitrogen and oxygen atoms in total. The van der Waals surface area contributed by atoms with Gasteiger partial charge in [-0.3, -0.25) is 19.3 Å². The average Bonchev–Trinajstić information content (AvgIpc) is 3.27. The minimum Gasteiger partial charge on any atom is -0.508 e. The standard InChI is InChI=1S/C18H15NO6.C6H12/c20-14-7-5-10(6-8-15(14)21)13(9-16(22)23)19-17(24)11-3-1-2-4-12(11)18(19)25;1-6-4-2-3-5-6/h1-7,13,20-21H,8-9H2,(H,22,23);6H,2-5H2,1H3. The summed E-state index contributed by atoms with van der Waals surface area (Å²) in [6, 6.07) is 5.25. The van der Waals surface area contributed by atoms with Gasteiger partial charge < -0.3 is 15.3 Å². The van der Waals surface area contributed by atoms with Crippen LogP contribution in [0.2, 0.25) is 0 Å². The third-order valence-electron chi connectivity index (χ3n) is 5.79. The van der Waals surface area contributed by atoms with Crippen LogP contribution in [-0.4, -0.2) is 44.0 Å². The van der Waals surface area contributed by atoms with Crippen LogP contribution in [0.15, 0.2) is 59.6 Å². The van der Waals surface area contributed by atoms with Crippen LogP contribution in [0.1, 0.15) is 66.2 Å². The van der Waals surface area contributed by atoms with E-state index in [4.69, 9.17) is 0 Å². The number of fused-ring (bicyclic) bond motifs is 1. The van der Waals surface area contributed by atoms with Gasteiger partial charge in [0.1, 0.15) is 5.76 Å². The number of aliphatic carboxylic acids is 1. The summed E-state index contributed by atoms with van der Waals surface area (Å²) < 4.78 is 0. The summed E-state index contributed by atoms with van der Waals surface area (Å²) >= 11 is 0. The number of carbonyl (C=O) groups is 3. The molecule has 1 saturated carbocycles. The van der Waals surface area contributed by atoms with E-state index in [1.165, 1.54) is 56.0 Å². The molecular weight excluding hydrogens is 398 g/mol. The zero-order valence-corrected chi connectivity index (χ0v) is 17.5. The number of carbonyl (C=O) groups excluding carboxylic acids is 2. The second kappa shape index (κ2) is 9.64. The Morgan fingerprint density at radius 2 is 1.65 bits per heavy atom. The van der Waals surface area contributed by atoms with Gasteiger partial charge in [-0.15, -0.1) is 0 Å². The first-order valence-electron chi connectivity index (χ1n) is 10.5. The van der Waals surface area contributed by atoms with Gasteiger partial charge in [-0.05, 0) is 29.7 Å². The monoisotopic (exact) mass is 425 g/mol. The predicted molar refractivity (Wildman–Crippen MR) is 115 cm³/mol. The number of benzene rings is 1. The summed E-state index contributed by atoms with van der Waals surface area (Å²) in [5.41, 5.74) is 0.808. The number of aliphatic hydroxyl groups is 2. The highest BCUT2D eigenvalue weighted by Crippen LogP contribution is 2.30. The van der Waals surface area contributed by atoms with Crippen molar-refractivity contribution in [2.24, 2.45) is 5.92 Å². The van der Waals surface area contributed by atoms with Crippen molar-refractivity contribution >= 4 is 17.8 Å². The molecule has 1 aliphatic heterocycles. The molecule has 1 aromatic rings. The van der Waals surface area contributed by atoms with Crippen molar-refractivity contribution in [3.63, 3.8) is 0 Å². The number of amides is 2. The van der Waals surface area contributed by atoms with E-state index in [-0.39, 0.29) is 29.1 Å². The van der Waals surface area contributed by atoms with Crippen molar-refractivity contribution < 1.29 is 29.7 Å². The summed E-state index contributed by atoms with van der Waals surface area (Å²) in [6.45, 7) is 2.34. The Bertz CT molecular complexity index is 933. The highest BCUT2D eigenvalue weighted by Gasteiger charge is 2.41. The van der Waals surface area contributed by atoms with E-state index >= 15 is 0 Å². The molecule has 0 radical (unpaired) electrons. The normalized spacial score (nSPS) is 19.5. The van der Waals surface area contributed by atoms with Gasteiger partial charge in [0.05, 0.1) is 23.6 Å². The van der Waals surface area contributed by atoms with Gasteiger partial charge in [-0.2, -0.15) is 0 Å². The van der Waals surface area contributed by atoms with Gasteiger partial charge in [0.2, 0.25) is 0 Å². The molecule has 7 heteroatoms. The molecule has 1 unspecified atom stereocenters. The predicted octanol–water partition coefficient (Wildman–Crippen LogP) is 4.54. The third kappa shape index (κ3) is 5.05. The molecule has 164 valence electrons. The van der Waals surface area contributed by atoms with Crippen LogP contribution in [0, 0.1) is 5.92 Å². The Hall–Kier alpha value is -3.35. The van der Waals surface area contributed by atoms with E-state index in [1.807, 2.05) is 0 Å². The van der Waals surface area contributed by atoms with Gasteiger partial charge in [-0.25, -0.2) is 0 Å². The number of aliphatic hydroxyl groups excluding tert-OH is 2. The summed E-state index contributed by atoms with van der Waals surface area (Å²) in [7, 11) is 0. The number of hydrogen-bond acceptors (Lipinski definition) is 5. The fourth-order valence-electron chi connectivity index (χ4n) is 4.05. The number of nitrogens with zero attached hydrogens (tertiary/aromatic N) is 1. The Labute approximate surface area is 181 Å². The fourth-order valence-corrected chi connectivity index (χ4v) is 4.05. The maximum absolute atomic E-state index is 12.6. The second-order valence-corrected chi connectivity index (χ2v) is 8.10. The molecular formula is C24H27NO6. The Morgan fingerprint density at radius 1 is 1.06 bits per heavy atom. The molecule has 0 bridgehead atoms. The molecule has 3 aliphatic rings. The first-order chi connectivity index (χ1) is 14.8. The molecule has 0 aromatic heterocycles. The van der Waals surface area contributed by atoms with E-state index in [2.05, 4.69) is 6.92 Å². The molecule has 1 fully saturated rings. The van der Waals surface area contributed by atoms with E-state index in [0.717, 1.165) is 10.8 Å². The van der Waals surface area contributed by atoms with E-state index in [0.29, 0.717) is 5.57 Å². The fraction of sp³-hybridized carbons (Fsp3) is 0.375. The van der Waals surface area contributed by atoms with Crippen molar-refractivity contribution in [1.82, 2.24) is 4.90 Å². The SMILES string of the molecule is CC1CCCC1.O=C(O)CC(C1=CCC(O)=C(O)C=C1)N1C(=O)c2ccccc2C1=O. The minimum absolute atomic E-state index is 0.0343. The van der Waals surface area contributed by atoms with Crippen molar-refractivity contribution in [3.05, 3.63) is 70.7 Å². The largest absolute Gasteiger partial charge is 0.508 e. The third-order valence-corrected chi connectivity index (χ3v) is 5.79. The van der Waals surface area contributed by atoms with E-state index in [9.17, 15) is 29.7 Å². The Balaban J connectivity index is 0.000000391. The molecule has 2 aliphatic carbocycles. The lowest BCUT2D eigenvalue weighted by molar-refractivity contribution is -0.137. The van der Waals surface area contributed by atoms with Gasteiger partial charge in [0, 0.05) is 6.42 Å². The lowest BCUT2D eigenvalue weighted by Crippen LogP contribution is -2.42. The first kappa shape index (κ1) is 22.3. The molecule has 31 heavy (non-hydrogen) atoms. The number of imide groups is 1. The summed E-state index contributed by atoms with van der Waals surface area (Å²) in [5.74, 6) is -1.88. The van der Waals surface area contributed by atoms with Crippen LogP contribution in [-0.2, 0) is 4.79 Å². The van der Waals surface area contributed by atoms with Gasteiger partial charge in [0.25, 0.3) is 11.8 Å². The Kier molecular flexibility index (Phi) is 6.95. The number of allylic oxidation sites excluding steroid dienone is 2. The second-order valence-electron chi connectivity index (χ2n) is 8.10. The molecule has 1 aromatic carbocycles. The lowest BCUT2D eigenvalue weighted by atomic mass is 10.0. The quantitative estimate of drug-likeness (QED) is 0.610. The minimum atomic E-state index is -1.18. The summed E-state index contributed by atoms with van der Waals surface area (Å²) in [5, 5.41) is 28.4. The van der Waals surface area contributed by atoms with E-state index in [1.54, 1.807) is 12.1 Å². The van der Waals surface area contributed by atoms with Crippen molar-refractivity contribution in [3.8, 4) is 0 Å². The topological polar surface area (TPSA) is 115 Å². The van der Waals surface area contributed by atoms with Crippen molar-refractivity contribution in [1.29, 1.82) is 0 Å². The highest BCUT2D eigenvalue weighted by molar-refractivity contribution is 6.21. The number of carboxylic acid groups (broad SMARTS) is 1. The van der Waals surface area contributed by atoms with Gasteiger partial charge in [0.15, 0.2) is 5.76 Å². The Morgan fingerprint density at radius 3 is 2.13 bits per heavy atom. The van der Waals surface area contributed by atoms with Crippen LogP contribution in [0.3, 0.4) is 0 Å². The lowest BCUT2D eigenvalue weighted by Gasteiger charge is -2.26. The van der Waals surface area contributed by atoms with Crippen molar-refractivity contribution in [2.45, 2.75) is 51.5 Å². The smallest absolute Gasteiger partial charge is 0.305 e. The zero-order chi connectivity index (χ0) is 22.5. The molecule has 1 heterocycles. The molecule has 1 atom stereocenters. The molecule has 0 spiro atoms. The summed E-state index contributed by atoms with van der Waals surface area (Å²) in [6.07, 6.45) is 9.53. The van der Waals surface area contributed by atoms with Crippen LogP contribution >= 0.6 is 0 Å². The van der Waals surface area contributed by atoms with Crippen LogP contribution in [0.5, 0.6) is 0 Å². The molecule has 4 rings (SSSR count). The first-order valence-corrected chi connectivity index (χ1v) is 10.5. The number of rotatable bonds is 4. The van der Waals surface area contributed by atoms with Crippen LogP contribution in [0.4, 0.5) is 0 Å². The van der Waals surface area contributed by atoms with Gasteiger partial charge >= 0.3 is 5.97 Å². The van der Waals surface area contributed by atoms with Crippen LogP contribution in [0.25, 0.3) is 0 Å². The maximum atomic E-state index is 12.6. The van der Waals surface area contributed by atoms with E-state index < -0.39 is 30.2 Å². The van der Waals surface area contributed by atoms with Crippen molar-refractivity contribution in [2.75, 3.05) is 0 Å². The molecule has 3 N–H and O–H groups in total. The average molecular weight is 425 g/mol.